The lowest BCUT2D eigenvalue weighted by Crippen LogP contribution is -2.30. The van der Waals surface area contributed by atoms with Gasteiger partial charge in [0.2, 0.25) is 5.95 Å². The Morgan fingerprint density at radius 1 is 1.19 bits per heavy atom. The normalized spacial score (nSPS) is 13.0. The van der Waals surface area contributed by atoms with E-state index in [4.69, 9.17) is 23.2 Å². The average Bonchev–Trinajstić information content (AvgIpc) is 2.55. The molecule has 0 aliphatic heterocycles. The molecule has 5 nitrogen and oxygen atoms in total. The highest BCUT2D eigenvalue weighted by molar-refractivity contribution is 6.43. The number of halogens is 5. The van der Waals surface area contributed by atoms with Crippen molar-refractivity contribution < 1.29 is 18.3 Å². The summed E-state index contributed by atoms with van der Waals surface area (Å²) < 4.78 is 39.5. The van der Waals surface area contributed by atoms with Crippen LogP contribution < -0.4 is 10.6 Å². The first kappa shape index (κ1) is 20.5. The van der Waals surface area contributed by atoms with E-state index in [9.17, 15) is 18.3 Å². The molecule has 2 rings (SSSR count). The molecule has 3 N–H and O–H groups in total. The molecule has 0 amide bonds. The number of hydrogen-bond donors (Lipinski definition) is 3. The monoisotopic (exact) mass is 408 g/mol. The Morgan fingerprint density at radius 3 is 2.46 bits per heavy atom. The zero-order valence-corrected chi connectivity index (χ0v) is 15.4. The van der Waals surface area contributed by atoms with Crippen molar-refractivity contribution >= 4 is 40.7 Å². The molecule has 1 aromatic carbocycles. The molecule has 0 bridgehead atoms. The van der Waals surface area contributed by atoms with Gasteiger partial charge in [-0.05, 0) is 18.1 Å². The zero-order valence-electron chi connectivity index (χ0n) is 13.9. The van der Waals surface area contributed by atoms with Crippen LogP contribution in [0.3, 0.4) is 0 Å². The van der Waals surface area contributed by atoms with Crippen molar-refractivity contribution in [2.24, 2.45) is 5.92 Å². The predicted molar refractivity (Wildman–Crippen MR) is 96.1 cm³/mol. The molecular formula is C16H17Cl2F3N4O. The van der Waals surface area contributed by atoms with Gasteiger partial charge in [0.15, 0.2) is 5.69 Å². The first-order valence-corrected chi connectivity index (χ1v) is 8.42. The minimum Gasteiger partial charge on any atom is -0.394 e. The molecule has 142 valence electrons. The van der Waals surface area contributed by atoms with Crippen LogP contribution in [0.25, 0.3) is 0 Å². The van der Waals surface area contributed by atoms with Gasteiger partial charge in [0.1, 0.15) is 5.82 Å². The molecule has 0 fully saturated rings. The molecule has 0 aliphatic rings. The standard InChI is InChI=1S/C16H17Cl2F3N4O/c1-8(2)11(7-26)23-15-24-12(16(19,20)21)6-13(25-15)22-10-5-3-4-9(17)14(10)18/h3-6,8,11,26H,7H2,1-2H3,(H2,22,23,24,25)/t11-/m1/s1. The van der Waals surface area contributed by atoms with Crippen LogP contribution in [0.4, 0.5) is 30.6 Å². The highest BCUT2D eigenvalue weighted by Crippen LogP contribution is 2.34. The highest BCUT2D eigenvalue weighted by atomic mass is 35.5. The molecule has 2 aromatic rings. The van der Waals surface area contributed by atoms with Gasteiger partial charge in [-0.3, -0.25) is 0 Å². The van der Waals surface area contributed by atoms with Crippen LogP contribution in [0.1, 0.15) is 19.5 Å². The SMILES string of the molecule is CC(C)[C@@H](CO)Nc1nc(Nc2cccc(Cl)c2Cl)cc(C(F)(F)F)n1. The highest BCUT2D eigenvalue weighted by Gasteiger charge is 2.34. The van der Waals surface area contributed by atoms with Gasteiger partial charge in [-0.1, -0.05) is 43.1 Å². The Balaban J connectivity index is 2.41. The summed E-state index contributed by atoms with van der Waals surface area (Å²) in [5.41, 5.74) is -0.824. The van der Waals surface area contributed by atoms with Crippen LogP contribution in [-0.4, -0.2) is 27.7 Å². The lowest BCUT2D eigenvalue weighted by atomic mass is 10.1. The van der Waals surface area contributed by atoms with E-state index in [1.165, 1.54) is 0 Å². The Bertz CT molecular complexity index is 772. The topological polar surface area (TPSA) is 70.1 Å². The molecular weight excluding hydrogens is 392 g/mol. The van der Waals surface area contributed by atoms with Crippen molar-refractivity contribution in [2.45, 2.75) is 26.1 Å². The Kier molecular flexibility index (Phi) is 6.54. The average molecular weight is 409 g/mol. The van der Waals surface area contributed by atoms with Crippen LogP contribution in [0.2, 0.25) is 10.0 Å². The number of aliphatic hydroxyl groups is 1. The van der Waals surface area contributed by atoms with Gasteiger partial charge < -0.3 is 15.7 Å². The summed E-state index contributed by atoms with van der Waals surface area (Å²) in [6.07, 6.45) is -4.67. The summed E-state index contributed by atoms with van der Waals surface area (Å²) in [4.78, 5) is 7.54. The fourth-order valence-corrected chi connectivity index (χ4v) is 2.40. The van der Waals surface area contributed by atoms with Crippen LogP contribution in [-0.2, 0) is 6.18 Å². The van der Waals surface area contributed by atoms with E-state index in [1.807, 2.05) is 13.8 Å². The minimum atomic E-state index is -4.67. The number of benzene rings is 1. The van der Waals surface area contributed by atoms with E-state index in [-0.39, 0.29) is 34.3 Å². The molecule has 26 heavy (non-hydrogen) atoms. The second-order valence-corrected chi connectivity index (χ2v) is 6.65. The molecule has 0 aliphatic carbocycles. The number of anilines is 3. The first-order chi connectivity index (χ1) is 12.1. The maximum absolute atomic E-state index is 13.2. The summed E-state index contributed by atoms with van der Waals surface area (Å²) in [7, 11) is 0. The fourth-order valence-electron chi connectivity index (χ4n) is 2.05. The van der Waals surface area contributed by atoms with E-state index in [0.717, 1.165) is 6.07 Å². The second-order valence-electron chi connectivity index (χ2n) is 5.86. The quantitative estimate of drug-likeness (QED) is 0.628. The molecule has 0 radical (unpaired) electrons. The number of rotatable bonds is 6. The maximum atomic E-state index is 13.2. The van der Waals surface area contributed by atoms with Crippen LogP contribution in [0.15, 0.2) is 24.3 Å². The number of hydrogen-bond acceptors (Lipinski definition) is 5. The minimum absolute atomic E-state index is 0.0445. The summed E-state index contributed by atoms with van der Waals surface area (Å²) in [5.74, 6) is -0.412. The maximum Gasteiger partial charge on any atom is 0.433 e. The van der Waals surface area contributed by atoms with Gasteiger partial charge in [0.05, 0.1) is 28.4 Å². The van der Waals surface area contributed by atoms with E-state index in [1.54, 1.807) is 18.2 Å². The van der Waals surface area contributed by atoms with Crippen molar-refractivity contribution in [3.8, 4) is 0 Å². The van der Waals surface area contributed by atoms with E-state index < -0.39 is 17.9 Å². The van der Waals surface area contributed by atoms with Gasteiger partial charge >= 0.3 is 6.18 Å². The van der Waals surface area contributed by atoms with Gasteiger partial charge in [-0.2, -0.15) is 18.2 Å². The van der Waals surface area contributed by atoms with Crippen molar-refractivity contribution in [3.63, 3.8) is 0 Å². The molecule has 0 saturated heterocycles. The van der Waals surface area contributed by atoms with E-state index in [0.29, 0.717) is 5.69 Å². The van der Waals surface area contributed by atoms with Gasteiger partial charge in [0, 0.05) is 6.07 Å². The number of aromatic nitrogens is 2. The van der Waals surface area contributed by atoms with Gasteiger partial charge in [-0.15, -0.1) is 0 Å². The molecule has 0 saturated carbocycles. The Hall–Kier alpha value is -1.77. The number of aliphatic hydroxyl groups excluding tert-OH is 1. The van der Waals surface area contributed by atoms with Gasteiger partial charge in [0.25, 0.3) is 0 Å². The number of alkyl halides is 3. The fraction of sp³-hybridized carbons (Fsp3) is 0.375. The second kappa shape index (κ2) is 8.28. The van der Waals surface area contributed by atoms with Crippen molar-refractivity contribution in [3.05, 3.63) is 40.0 Å². The molecule has 0 spiro atoms. The number of nitrogens with zero attached hydrogens (tertiary/aromatic N) is 2. The Morgan fingerprint density at radius 2 is 1.88 bits per heavy atom. The third-order valence-electron chi connectivity index (χ3n) is 3.55. The molecule has 1 atom stereocenters. The van der Waals surface area contributed by atoms with Crippen LogP contribution >= 0.6 is 23.2 Å². The summed E-state index contributed by atoms with van der Waals surface area (Å²) in [6.45, 7) is 3.35. The molecule has 1 heterocycles. The summed E-state index contributed by atoms with van der Waals surface area (Å²) in [6, 6.07) is 4.98. The number of nitrogens with one attached hydrogen (secondary N) is 2. The zero-order chi connectivity index (χ0) is 19.5. The summed E-state index contributed by atoms with van der Waals surface area (Å²) >= 11 is 12.0. The smallest absolute Gasteiger partial charge is 0.394 e. The van der Waals surface area contributed by atoms with Crippen molar-refractivity contribution in [2.75, 3.05) is 17.2 Å². The molecule has 0 unspecified atom stereocenters. The third kappa shape index (κ3) is 5.12. The van der Waals surface area contributed by atoms with E-state index in [2.05, 4.69) is 20.6 Å². The largest absolute Gasteiger partial charge is 0.433 e. The third-order valence-corrected chi connectivity index (χ3v) is 4.37. The lowest BCUT2D eigenvalue weighted by molar-refractivity contribution is -0.141. The van der Waals surface area contributed by atoms with E-state index >= 15 is 0 Å². The molecule has 10 heteroatoms. The Labute approximate surface area is 158 Å². The predicted octanol–water partition coefficient (Wildman–Crippen LogP) is 4.97. The molecule has 1 aromatic heterocycles. The van der Waals surface area contributed by atoms with Crippen LogP contribution in [0, 0.1) is 5.92 Å². The van der Waals surface area contributed by atoms with Crippen molar-refractivity contribution in [1.82, 2.24) is 9.97 Å². The summed E-state index contributed by atoms with van der Waals surface area (Å²) in [5, 5.41) is 15.2. The van der Waals surface area contributed by atoms with Crippen molar-refractivity contribution in [1.29, 1.82) is 0 Å². The van der Waals surface area contributed by atoms with Gasteiger partial charge in [-0.25, -0.2) is 4.98 Å². The first-order valence-electron chi connectivity index (χ1n) is 7.66. The lowest BCUT2D eigenvalue weighted by Gasteiger charge is -2.21. The van der Waals surface area contributed by atoms with Crippen LogP contribution in [0.5, 0.6) is 0 Å².